The van der Waals surface area contributed by atoms with Crippen LogP contribution in [0.2, 0.25) is 0 Å². The average molecular weight is 348 g/mol. The minimum Gasteiger partial charge on any atom is -0.493 e. The fraction of sp³-hybridized carbons (Fsp3) is 0.438. The summed E-state index contributed by atoms with van der Waals surface area (Å²) in [7, 11) is 0. The van der Waals surface area contributed by atoms with Crippen molar-refractivity contribution in [2.45, 2.75) is 6.92 Å². The van der Waals surface area contributed by atoms with E-state index >= 15 is 0 Å². The minimum absolute atomic E-state index is 0.0000822. The number of aromatic amines is 1. The highest BCUT2D eigenvalue weighted by atomic mass is 32.1. The third-order valence-electron chi connectivity index (χ3n) is 4.10. The van der Waals surface area contributed by atoms with Gasteiger partial charge in [-0.25, -0.2) is 0 Å². The van der Waals surface area contributed by atoms with Gasteiger partial charge in [0.05, 0.1) is 31.8 Å². The highest BCUT2D eigenvalue weighted by molar-refractivity contribution is 7.80. The number of H-pyrrole nitrogens is 1. The van der Waals surface area contributed by atoms with Crippen molar-refractivity contribution in [3.8, 4) is 5.88 Å². The third kappa shape index (κ3) is 4.08. The largest absolute Gasteiger partial charge is 0.493 e. The number of ether oxygens (including phenoxy) is 1. The van der Waals surface area contributed by atoms with Crippen LogP contribution in [0, 0.1) is 6.92 Å². The van der Waals surface area contributed by atoms with Gasteiger partial charge in [0.2, 0.25) is 11.0 Å². The maximum Gasteiger partial charge on any atom is 0.218 e. The van der Waals surface area contributed by atoms with Crippen molar-refractivity contribution in [1.29, 1.82) is 0 Å². The van der Waals surface area contributed by atoms with Gasteiger partial charge in [-0.15, -0.1) is 10.2 Å². The van der Waals surface area contributed by atoms with Gasteiger partial charge in [-0.05, 0) is 31.3 Å². The number of aryl methyl sites for hydroxylation is 1. The number of benzene rings is 1. The molecule has 1 aliphatic heterocycles. The van der Waals surface area contributed by atoms with Crippen molar-refractivity contribution < 1.29 is 14.7 Å². The molecule has 24 heavy (non-hydrogen) atoms. The molecule has 0 radical (unpaired) electrons. The predicted molar refractivity (Wildman–Crippen MR) is 96.2 cm³/mol. The van der Waals surface area contributed by atoms with Gasteiger partial charge in [0.1, 0.15) is 13.1 Å². The second-order valence-electron chi connectivity index (χ2n) is 5.92. The topological polar surface area (TPSA) is 86.4 Å². The molecule has 0 bridgehead atoms. The molecule has 2 aromatic rings. The first-order valence-electron chi connectivity index (χ1n) is 8.05. The third-order valence-corrected chi connectivity index (χ3v) is 4.33. The van der Waals surface area contributed by atoms with Crippen LogP contribution in [0.25, 0.3) is 10.9 Å². The Hall–Kier alpha value is -2.03. The maximum atomic E-state index is 10.00. The summed E-state index contributed by atoms with van der Waals surface area (Å²) >= 11 is 5.19. The van der Waals surface area contributed by atoms with Crippen LogP contribution in [-0.2, 0) is 4.74 Å². The summed E-state index contributed by atoms with van der Waals surface area (Å²) in [4.78, 5) is 4.39. The Bertz CT molecular complexity index is 752. The number of aromatic nitrogens is 1. The molecule has 0 aliphatic carbocycles. The number of nitrogens with one attached hydrogen (secondary N) is 3. The lowest BCUT2D eigenvalue weighted by atomic mass is 10.2. The Labute approximate surface area is 145 Å². The first kappa shape index (κ1) is 16.8. The fourth-order valence-electron chi connectivity index (χ4n) is 2.77. The van der Waals surface area contributed by atoms with Crippen molar-refractivity contribution in [3.05, 3.63) is 23.8 Å². The molecule has 1 saturated heterocycles. The smallest absolute Gasteiger partial charge is 0.218 e. The zero-order chi connectivity index (χ0) is 16.9. The first-order chi connectivity index (χ1) is 11.6. The van der Waals surface area contributed by atoms with Gasteiger partial charge in [0.15, 0.2) is 5.69 Å². The molecule has 3 rings (SSSR count). The number of thiocarbonyl (C=S) groups is 1. The molecule has 0 spiro atoms. The molecule has 1 aromatic heterocycles. The van der Waals surface area contributed by atoms with Gasteiger partial charge in [-0.2, -0.15) is 0 Å². The molecule has 0 saturated carbocycles. The zero-order valence-electron chi connectivity index (χ0n) is 13.6. The monoisotopic (exact) mass is 348 g/mol. The number of hydrogen-bond acceptors (Lipinski definition) is 4. The number of nitrogens with zero attached hydrogens (tertiary/aromatic N) is 2. The summed E-state index contributed by atoms with van der Waals surface area (Å²) in [5.74, 6) is -0.0000822. The number of quaternary nitrogens is 1. The van der Waals surface area contributed by atoms with E-state index in [9.17, 15) is 5.11 Å². The minimum atomic E-state index is -0.0000822. The van der Waals surface area contributed by atoms with Crippen molar-refractivity contribution in [2.24, 2.45) is 10.2 Å². The van der Waals surface area contributed by atoms with Crippen molar-refractivity contribution in [1.82, 2.24) is 10.3 Å². The van der Waals surface area contributed by atoms with E-state index in [1.807, 2.05) is 25.1 Å². The highest BCUT2D eigenvalue weighted by Crippen LogP contribution is 2.35. The Morgan fingerprint density at radius 3 is 3.00 bits per heavy atom. The molecule has 0 atom stereocenters. The lowest BCUT2D eigenvalue weighted by Crippen LogP contribution is -3.14. The Balaban J connectivity index is 1.58. The molecule has 1 fully saturated rings. The SMILES string of the molecule is Cc1ccc2[nH]c(O)c(N=NC(=S)NCC[NH+]3CCOCC3)c2c1. The Morgan fingerprint density at radius 2 is 2.21 bits per heavy atom. The van der Waals surface area contributed by atoms with Gasteiger partial charge < -0.3 is 25.0 Å². The molecule has 8 heteroatoms. The van der Waals surface area contributed by atoms with Gasteiger partial charge in [-0.1, -0.05) is 11.6 Å². The van der Waals surface area contributed by atoms with Gasteiger partial charge >= 0.3 is 0 Å². The van der Waals surface area contributed by atoms with Crippen molar-refractivity contribution in [2.75, 3.05) is 39.4 Å². The quantitative estimate of drug-likeness (QED) is 0.491. The predicted octanol–water partition coefficient (Wildman–Crippen LogP) is 1.06. The maximum absolute atomic E-state index is 10.00. The Kier molecular flexibility index (Phi) is 5.39. The summed E-state index contributed by atoms with van der Waals surface area (Å²) in [5.41, 5.74) is 2.32. The lowest BCUT2D eigenvalue weighted by Gasteiger charge is -2.23. The molecule has 1 aromatic carbocycles. The van der Waals surface area contributed by atoms with Crippen LogP contribution >= 0.6 is 12.2 Å². The first-order valence-corrected chi connectivity index (χ1v) is 8.46. The van der Waals surface area contributed by atoms with Crippen LogP contribution in [0.15, 0.2) is 28.4 Å². The average Bonchev–Trinajstić information content (AvgIpc) is 2.88. The molecule has 4 N–H and O–H groups in total. The van der Waals surface area contributed by atoms with E-state index < -0.39 is 0 Å². The van der Waals surface area contributed by atoms with Crippen LogP contribution in [0.1, 0.15) is 5.56 Å². The molecule has 1 aliphatic rings. The summed E-state index contributed by atoms with van der Waals surface area (Å²) in [6, 6.07) is 5.84. The second-order valence-corrected chi connectivity index (χ2v) is 6.30. The summed E-state index contributed by atoms with van der Waals surface area (Å²) in [6.07, 6.45) is 0. The number of rotatable bonds is 4. The second kappa shape index (κ2) is 7.69. The molecular formula is C16H22N5O2S+. The van der Waals surface area contributed by atoms with E-state index in [2.05, 4.69) is 20.5 Å². The summed E-state index contributed by atoms with van der Waals surface area (Å²) < 4.78 is 5.33. The van der Waals surface area contributed by atoms with Gasteiger partial charge in [0.25, 0.3) is 0 Å². The van der Waals surface area contributed by atoms with E-state index in [1.165, 1.54) is 4.90 Å². The van der Waals surface area contributed by atoms with Crippen LogP contribution in [0.4, 0.5) is 5.69 Å². The van der Waals surface area contributed by atoms with Gasteiger partial charge in [-0.3, -0.25) is 0 Å². The Morgan fingerprint density at radius 1 is 1.42 bits per heavy atom. The van der Waals surface area contributed by atoms with E-state index in [-0.39, 0.29) is 5.88 Å². The van der Waals surface area contributed by atoms with Crippen LogP contribution in [-0.4, -0.2) is 54.6 Å². The molecule has 2 heterocycles. The fourth-order valence-corrected chi connectivity index (χ4v) is 2.91. The standard InChI is InChI=1S/C16H21N5O2S/c1-11-2-3-13-12(10-11)14(15(22)18-13)19-20-16(24)17-4-5-21-6-8-23-9-7-21/h2-3,10,18,22H,4-9H2,1H3,(H,17,24)/p+1. The zero-order valence-corrected chi connectivity index (χ0v) is 14.4. The number of fused-ring (bicyclic) bond motifs is 1. The summed E-state index contributed by atoms with van der Waals surface area (Å²) in [6.45, 7) is 7.39. The van der Waals surface area contributed by atoms with Crippen LogP contribution < -0.4 is 10.2 Å². The van der Waals surface area contributed by atoms with E-state index in [0.29, 0.717) is 10.8 Å². The van der Waals surface area contributed by atoms with Crippen molar-refractivity contribution in [3.63, 3.8) is 0 Å². The van der Waals surface area contributed by atoms with Crippen molar-refractivity contribution >= 4 is 33.9 Å². The highest BCUT2D eigenvalue weighted by Gasteiger charge is 2.13. The molecule has 0 amide bonds. The normalized spacial score (nSPS) is 16.0. The molecule has 0 unspecified atom stereocenters. The van der Waals surface area contributed by atoms with Gasteiger partial charge in [0, 0.05) is 5.39 Å². The van der Waals surface area contributed by atoms with E-state index in [1.54, 1.807) is 0 Å². The van der Waals surface area contributed by atoms with Crippen LogP contribution in [0.3, 0.4) is 0 Å². The molecular weight excluding hydrogens is 326 g/mol. The number of azo groups is 1. The summed E-state index contributed by atoms with van der Waals surface area (Å²) in [5, 5.41) is 22.4. The van der Waals surface area contributed by atoms with E-state index in [4.69, 9.17) is 17.0 Å². The van der Waals surface area contributed by atoms with E-state index in [0.717, 1.165) is 55.9 Å². The number of morpholine rings is 1. The van der Waals surface area contributed by atoms with Crippen LogP contribution in [0.5, 0.6) is 5.88 Å². The lowest BCUT2D eigenvalue weighted by molar-refractivity contribution is -0.906. The molecule has 128 valence electrons. The number of hydrogen-bond donors (Lipinski definition) is 4. The number of aromatic hydroxyl groups is 1. The molecule has 7 nitrogen and oxygen atoms in total.